The molecule has 0 aromatic heterocycles. The first-order chi connectivity index (χ1) is 11.1. The van der Waals surface area contributed by atoms with Crippen LogP contribution in [-0.2, 0) is 10.2 Å². The lowest BCUT2D eigenvalue weighted by atomic mass is 9.81. The number of anilines is 1. The Balaban J connectivity index is 1.68. The molecule has 1 fully saturated rings. The summed E-state index contributed by atoms with van der Waals surface area (Å²) in [6, 6.07) is 17.2. The lowest BCUT2D eigenvalue weighted by molar-refractivity contribution is -0.122. The van der Waals surface area contributed by atoms with Crippen molar-refractivity contribution in [3.8, 4) is 0 Å². The molecule has 2 aliphatic heterocycles. The minimum Gasteiger partial charge on any atom is -0.337 e. The van der Waals surface area contributed by atoms with Gasteiger partial charge >= 0.3 is 0 Å². The van der Waals surface area contributed by atoms with E-state index in [1.807, 2.05) is 66.5 Å². The maximum Gasteiger partial charge on any atom is 0.253 e. The molecule has 1 spiro atoms. The number of benzene rings is 2. The van der Waals surface area contributed by atoms with Gasteiger partial charge in [-0.1, -0.05) is 36.4 Å². The van der Waals surface area contributed by atoms with Crippen LogP contribution in [0.2, 0.25) is 0 Å². The van der Waals surface area contributed by atoms with Crippen molar-refractivity contribution < 1.29 is 9.59 Å². The second-order valence-corrected chi connectivity index (χ2v) is 6.31. The Morgan fingerprint density at radius 3 is 2.52 bits per heavy atom. The summed E-state index contributed by atoms with van der Waals surface area (Å²) in [5.74, 6) is 0.101. The highest BCUT2D eigenvalue weighted by Crippen LogP contribution is 2.46. The molecular formula is C19H18N2O2. The van der Waals surface area contributed by atoms with E-state index in [2.05, 4.69) is 0 Å². The summed E-state index contributed by atoms with van der Waals surface area (Å²) >= 11 is 0. The first-order valence-electron chi connectivity index (χ1n) is 7.85. The van der Waals surface area contributed by atoms with E-state index in [1.54, 1.807) is 4.90 Å². The Labute approximate surface area is 135 Å². The highest BCUT2D eigenvalue weighted by Gasteiger charge is 2.54. The van der Waals surface area contributed by atoms with Crippen LogP contribution in [-0.4, -0.2) is 36.9 Å². The smallest absolute Gasteiger partial charge is 0.253 e. The molecule has 2 amide bonds. The number of hydrogen-bond donors (Lipinski definition) is 0. The van der Waals surface area contributed by atoms with E-state index >= 15 is 0 Å². The van der Waals surface area contributed by atoms with Crippen LogP contribution in [0, 0.1) is 0 Å². The van der Waals surface area contributed by atoms with Crippen molar-refractivity contribution in [2.24, 2.45) is 0 Å². The summed E-state index contributed by atoms with van der Waals surface area (Å²) in [5.41, 5.74) is 2.12. The molecule has 2 heterocycles. The van der Waals surface area contributed by atoms with Gasteiger partial charge in [0.15, 0.2) is 0 Å². The molecule has 2 aliphatic rings. The third kappa shape index (κ3) is 1.91. The molecule has 0 N–H and O–H groups in total. The number of nitrogens with zero attached hydrogens (tertiary/aromatic N) is 2. The van der Waals surface area contributed by atoms with Crippen LogP contribution >= 0.6 is 0 Å². The van der Waals surface area contributed by atoms with Gasteiger partial charge in [-0.15, -0.1) is 0 Å². The lowest BCUT2D eigenvalue weighted by Crippen LogP contribution is -2.42. The predicted molar refractivity (Wildman–Crippen MR) is 88.5 cm³/mol. The Hall–Kier alpha value is -2.62. The van der Waals surface area contributed by atoms with E-state index in [1.165, 1.54) is 0 Å². The number of rotatable bonds is 1. The summed E-state index contributed by atoms with van der Waals surface area (Å²) in [4.78, 5) is 29.1. The Bertz CT molecular complexity index is 787. The molecule has 1 atom stereocenters. The van der Waals surface area contributed by atoms with Gasteiger partial charge in [0, 0.05) is 31.4 Å². The first-order valence-corrected chi connectivity index (χ1v) is 7.85. The second kappa shape index (κ2) is 4.95. The zero-order valence-corrected chi connectivity index (χ0v) is 13.0. The zero-order chi connectivity index (χ0) is 16.0. The summed E-state index contributed by atoms with van der Waals surface area (Å²) in [5, 5.41) is 0. The molecule has 0 bridgehead atoms. The maximum atomic E-state index is 12.9. The molecule has 116 valence electrons. The maximum absolute atomic E-state index is 12.9. The molecule has 0 unspecified atom stereocenters. The van der Waals surface area contributed by atoms with Crippen LogP contribution in [0.5, 0.6) is 0 Å². The quantitative estimate of drug-likeness (QED) is 0.812. The Kier molecular flexibility index (Phi) is 3.01. The van der Waals surface area contributed by atoms with E-state index in [9.17, 15) is 9.59 Å². The van der Waals surface area contributed by atoms with Crippen molar-refractivity contribution >= 4 is 17.5 Å². The highest BCUT2D eigenvalue weighted by atomic mass is 16.2. The number of fused-ring (bicyclic) bond motifs is 2. The fraction of sp³-hybridized carbons (Fsp3) is 0.263. The number of para-hydroxylation sites is 1. The molecule has 2 aromatic carbocycles. The monoisotopic (exact) mass is 306 g/mol. The fourth-order valence-electron chi connectivity index (χ4n) is 3.86. The van der Waals surface area contributed by atoms with Crippen LogP contribution in [0.3, 0.4) is 0 Å². The van der Waals surface area contributed by atoms with Crippen LogP contribution in [0.4, 0.5) is 5.69 Å². The van der Waals surface area contributed by atoms with Crippen LogP contribution in [0.1, 0.15) is 22.3 Å². The minimum atomic E-state index is -0.574. The lowest BCUT2D eigenvalue weighted by Gasteiger charge is -2.23. The number of carbonyl (C=O) groups is 2. The number of likely N-dealkylation sites (N-methyl/N-ethyl adjacent to an activating group) is 1. The fourth-order valence-corrected chi connectivity index (χ4v) is 3.86. The summed E-state index contributed by atoms with van der Waals surface area (Å²) in [6.45, 7) is 1.07. The minimum absolute atomic E-state index is 0.00214. The topological polar surface area (TPSA) is 40.6 Å². The van der Waals surface area contributed by atoms with Crippen molar-refractivity contribution in [2.45, 2.75) is 11.8 Å². The number of amides is 2. The van der Waals surface area contributed by atoms with Crippen molar-refractivity contribution in [3.05, 3.63) is 65.7 Å². The van der Waals surface area contributed by atoms with Crippen molar-refractivity contribution in [2.75, 3.05) is 25.0 Å². The van der Waals surface area contributed by atoms with Gasteiger partial charge in [-0.3, -0.25) is 9.59 Å². The largest absolute Gasteiger partial charge is 0.337 e. The summed E-state index contributed by atoms with van der Waals surface area (Å²) in [6.07, 6.45) is 0.686. The van der Waals surface area contributed by atoms with Crippen LogP contribution in [0.15, 0.2) is 54.6 Å². The van der Waals surface area contributed by atoms with E-state index < -0.39 is 5.41 Å². The molecule has 23 heavy (non-hydrogen) atoms. The number of carbonyl (C=O) groups excluding carboxylic acids is 2. The van der Waals surface area contributed by atoms with Gasteiger partial charge in [0.2, 0.25) is 5.91 Å². The van der Waals surface area contributed by atoms with Gasteiger partial charge < -0.3 is 9.80 Å². The molecule has 0 radical (unpaired) electrons. The van der Waals surface area contributed by atoms with Crippen LogP contribution in [0.25, 0.3) is 0 Å². The molecule has 4 heteroatoms. The van der Waals surface area contributed by atoms with Gasteiger partial charge in [0.1, 0.15) is 0 Å². The molecule has 4 nitrogen and oxygen atoms in total. The van der Waals surface area contributed by atoms with Gasteiger partial charge in [-0.25, -0.2) is 0 Å². The first kappa shape index (κ1) is 14.0. The average Bonchev–Trinajstić information content (AvgIpc) is 3.14. The van der Waals surface area contributed by atoms with Crippen molar-refractivity contribution in [3.63, 3.8) is 0 Å². The third-order valence-electron chi connectivity index (χ3n) is 5.07. The molecule has 1 saturated heterocycles. The average molecular weight is 306 g/mol. The molecule has 0 aliphatic carbocycles. The standard InChI is InChI=1S/C19H18N2O2/c1-20-16-10-6-5-9-15(16)19(18(20)23)11-12-21(13-19)17(22)14-7-3-2-4-8-14/h2-10H,11-13H2,1H3/t19-/m1/s1. The SMILES string of the molecule is CN1C(=O)[C@@]2(CCN(C(=O)c3ccccc3)C2)c2ccccc21. The van der Waals surface area contributed by atoms with E-state index in [-0.39, 0.29) is 11.8 Å². The molecule has 2 aromatic rings. The zero-order valence-electron chi connectivity index (χ0n) is 13.0. The molecule has 0 saturated carbocycles. The number of likely N-dealkylation sites (tertiary alicyclic amines) is 1. The van der Waals surface area contributed by atoms with Crippen molar-refractivity contribution in [1.29, 1.82) is 0 Å². The van der Waals surface area contributed by atoms with Gasteiger partial charge in [0.05, 0.1) is 5.41 Å². The van der Waals surface area contributed by atoms with Crippen molar-refractivity contribution in [1.82, 2.24) is 4.90 Å². The van der Waals surface area contributed by atoms with E-state index in [0.29, 0.717) is 25.1 Å². The second-order valence-electron chi connectivity index (χ2n) is 6.31. The normalized spacial score (nSPS) is 22.7. The highest BCUT2D eigenvalue weighted by molar-refractivity contribution is 6.09. The third-order valence-corrected chi connectivity index (χ3v) is 5.07. The number of hydrogen-bond acceptors (Lipinski definition) is 2. The van der Waals surface area contributed by atoms with Gasteiger partial charge in [0.25, 0.3) is 5.91 Å². The predicted octanol–water partition coefficient (Wildman–Crippen LogP) is 2.45. The van der Waals surface area contributed by atoms with Gasteiger partial charge in [-0.2, -0.15) is 0 Å². The van der Waals surface area contributed by atoms with E-state index in [4.69, 9.17) is 0 Å². The van der Waals surface area contributed by atoms with Gasteiger partial charge in [-0.05, 0) is 30.2 Å². The molecular weight excluding hydrogens is 288 g/mol. The van der Waals surface area contributed by atoms with E-state index in [0.717, 1.165) is 11.3 Å². The Morgan fingerprint density at radius 2 is 1.74 bits per heavy atom. The Morgan fingerprint density at radius 1 is 1.04 bits per heavy atom. The summed E-state index contributed by atoms with van der Waals surface area (Å²) in [7, 11) is 1.82. The molecule has 4 rings (SSSR count). The summed E-state index contributed by atoms with van der Waals surface area (Å²) < 4.78 is 0. The van der Waals surface area contributed by atoms with Crippen LogP contribution < -0.4 is 4.90 Å².